The van der Waals surface area contributed by atoms with Gasteiger partial charge in [-0.3, -0.25) is 4.79 Å². The van der Waals surface area contributed by atoms with Gasteiger partial charge in [0.25, 0.3) is 5.91 Å². The first-order chi connectivity index (χ1) is 14.1. The van der Waals surface area contributed by atoms with Crippen LogP contribution in [0.25, 0.3) is 0 Å². The number of pyridine rings is 1. The number of methoxy groups -OCH3 is 1. The summed E-state index contributed by atoms with van der Waals surface area (Å²) in [5, 5.41) is 2.97. The average molecular weight is 389 g/mol. The Bertz CT molecular complexity index is 924. The van der Waals surface area contributed by atoms with Gasteiger partial charge in [0.15, 0.2) is 0 Å². The van der Waals surface area contributed by atoms with Gasteiger partial charge in [0, 0.05) is 30.9 Å². The lowest BCUT2D eigenvalue weighted by Gasteiger charge is -2.28. The molecule has 150 valence electrons. The fourth-order valence-corrected chi connectivity index (χ4v) is 3.05. The summed E-state index contributed by atoms with van der Waals surface area (Å²) in [6.07, 6.45) is 1.69. The molecule has 0 spiro atoms. The molecule has 2 aromatic carbocycles. The van der Waals surface area contributed by atoms with E-state index in [4.69, 9.17) is 4.74 Å². The number of nitrogens with one attached hydrogen (secondary N) is 1. The smallest absolute Gasteiger partial charge is 0.251 e. The molecule has 1 amide bonds. The molecule has 1 N–H and O–H groups in total. The summed E-state index contributed by atoms with van der Waals surface area (Å²) >= 11 is 0. The molecule has 0 saturated carbocycles. The minimum atomic E-state index is -0.118. The highest BCUT2D eigenvalue weighted by molar-refractivity contribution is 5.94. The lowest BCUT2D eigenvalue weighted by molar-refractivity contribution is 0.0951. The SMILES string of the molecule is COc1ccc(CNC(=O)c2ccnc(N(Cc3ccccc3)C(C)C)c2)cc1. The molecule has 0 radical (unpaired) electrons. The van der Waals surface area contributed by atoms with E-state index in [9.17, 15) is 4.79 Å². The first kappa shape index (κ1) is 20.4. The number of carbonyl (C=O) groups is 1. The molecule has 5 nitrogen and oxygen atoms in total. The van der Waals surface area contributed by atoms with Crippen molar-refractivity contribution in [1.82, 2.24) is 10.3 Å². The Morgan fingerprint density at radius 2 is 1.76 bits per heavy atom. The maximum absolute atomic E-state index is 12.7. The lowest BCUT2D eigenvalue weighted by atomic mass is 10.1. The zero-order chi connectivity index (χ0) is 20.6. The largest absolute Gasteiger partial charge is 0.497 e. The second kappa shape index (κ2) is 9.73. The van der Waals surface area contributed by atoms with Crippen LogP contribution in [0.2, 0.25) is 0 Å². The van der Waals surface area contributed by atoms with E-state index >= 15 is 0 Å². The topological polar surface area (TPSA) is 54.5 Å². The highest BCUT2D eigenvalue weighted by atomic mass is 16.5. The number of aromatic nitrogens is 1. The molecule has 29 heavy (non-hydrogen) atoms. The van der Waals surface area contributed by atoms with Crippen molar-refractivity contribution in [3.8, 4) is 5.75 Å². The Hall–Kier alpha value is -3.34. The third-order valence-electron chi connectivity index (χ3n) is 4.73. The summed E-state index contributed by atoms with van der Waals surface area (Å²) < 4.78 is 5.16. The van der Waals surface area contributed by atoms with Crippen LogP contribution in [0.1, 0.15) is 35.3 Å². The Labute approximate surface area is 172 Å². The quantitative estimate of drug-likeness (QED) is 0.619. The Morgan fingerprint density at radius 3 is 2.41 bits per heavy atom. The van der Waals surface area contributed by atoms with E-state index in [1.807, 2.05) is 48.5 Å². The fraction of sp³-hybridized carbons (Fsp3) is 0.250. The summed E-state index contributed by atoms with van der Waals surface area (Å²) in [6.45, 7) is 5.45. The van der Waals surface area contributed by atoms with Gasteiger partial charge in [-0.05, 0) is 49.2 Å². The second-order valence-corrected chi connectivity index (χ2v) is 7.14. The minimum absolute atomic E-state index is 0.118. The van der Waals surface area contributed by atoms with Gasteiger partial charge in [0.05, 0.1) is 7.11 Å². The van der Waals surface area contributed by atoms with E-state index in [0.717, 1.165) is 23.7 Å². The molecule has 1 aromatic heterocycles. The van der Waals surface area contributed by atoms with Crippen LogP contribution in [0, 0.1) is 0 Å². The normalized spacial score (nSPS) is 10.6. The van der Waals surface area contributed by atoms with Crippen molar-refractivity contribution >= 4 is 11.7 Å². The highest BCUT2D eigenvalue weighted by Gasteiger charge is 2.15. The highest BCUT2D eigenvalue weighted by Crippen LogP contribution is 2.19. The average Bonchev–Trinajstić information content (AvgIpc) is 2.76. The van der Waals surface area contributed by atoms with Gasteiger partial charge >= 0.3 is 0 Å². The van der Waals surface area contributed by atoms with Gasteiger partial charge < -0.3 is 15.0 Å². The van der Waals surface area contributed by atoms with Gasteiger partial charge in [-0.25, -0.2) is 4.98 Å². The number of benzene rings is 2. The van der Waals surface area contributed by atoms with Crippen LogP contribution < -0.4 is 15.0 Å². The third kappa shape index (κ3) is 5.57. The maximum atomic E-state index is 12.7. The van der Waals surface area contributed by atoms with Crippen molar-refractivity contribution in [3.63, 3.8) is 0 Å². The van der Waals surface area contributed by atoms with Crippen LogP contribution in [-0.4, -0.2) is 24.0 Å². The van der Waals surface area contributed by atoms with E-state index in [1.54, 1.807) is 19.4 Å². The molecule has 1 heterocycles. The molecule has 0 saturated heterocycles. The molecule has 0 aliphatic heterocycles. The van der Waals surface area contributed by atoms with Crippen molar-refractivity contribution in [2.24, 2.45) is 0 Å². The van der Waals surface area contributed by atoms with Crippen molar-refractivity contribution in [2.75, 3.05) is 12.0 Å². The number of rotatable bonds is 8. The maximum Gasteiger partial charge on any atom is 0.251 e. The monoisotopic (exact) mass is 389 g/mol. The standard InChI is InChI=1S/C24H27N3O2/c1-18(2)27(17-20-7-5-4-6-8-20)23-15-21(13-14-25-23)24(28)26-16-19-9-11-22(29-3)12-10-19/h4-15,18H,16-17H2,1-3H3,(H,26,28). The van der Waals surface area contributed by atoms with Crippen LogP contribution >= 0.6 is 0 Å². The second-order valence-electron chi connectivity index (χ2n) is 7.14. The zero-order valence-corrected chi connectivity index (χ0v) is 17.1. The van der Waals surface area contributed by atoms with Crippen LogP contribution in [0.4, 0.5) is 5.82 Å². The molecule has 0 atom stereocenters. The van der Waals surface area contributed by atoms with E-state index in [0.29, 0.717) is 12.1 Å². The van der Waals surface area contributed by atoms with E-state index < -0.39 is 0 Å². The number of hydrogen-bond donors (Lipinski definition) is 1. The first-order valence-corrected chi connectivity index (χ1v) is 9.74. The van der Waals surface area contributed by atoms with Crippen LogP contribution in [-0.2, 0) is 13.1 Å². The molecule has 0 bridgehead atoms. The van der Waals surface area contributed by atoms with Crippen LogP contribution in [0.15, 0.2) is 72.9 Å². The first-order valence-electron chi connectivity index (χ1n) is 9.74. The lowest BCUT2D eigenvalue weighted by Crippen LogP contribution is -2.31. The van der Waals surface area contributed by atoms with Gasteiger partial charge in [0.2, 0.25) is 0 Å². The van der Waals surface area contributed by atoms with Crippen molar-refractivity contribution < 1.29 is 9.53 Å². The van der Waals surface area contributed by atoms with Gasteiger partial charge in [-0.2, -0.15) is 0 Å². The predicted molar refractivity (Wildman–Crippen MR) is 116 cm³/mol. The zero-order valence-electron chi connectivity index (χ0n) is 17.1. The number of carbonyl (C=O) groups excluding carboxylic acids is 1. The number of hydrogen-bond acceptors (Lipinski definition) is 4. The summed E-state index contributed by atoms with van der Waals surface area (Å²) in [7, 11) is 1.63. The molecular weight excluding hydrogens is 362 g/mol. The van der Waals surface area contributed by atoms with E-state index in [1.165, 1.54) is 5.56 Å². The van der Waals surface area contributed by atoms with Gasteiger partial charge in [0.1, 0.15) is 11.6 Å². The molecular formula is C24H27N3O2. The number of amides is 1. The molecule has 3 rings (SSSR count). The number of anilines is 1. The fourth-order valence-electron chi connectivity index (χ4n) is 3.05. The van der Waals surface area contributed by atoms with Crippen LogP contribution in [0.5, 0.6) is 5.75 Å². The molecule has 0 unspecified atom stereocenters. The van der Waals surface area contributed by atoms with Crippen LogP contribution in [0.3, 0.4) is 0 Å². The third-order valence-corrected chi connectivity index (χ3v) is 4.73. The summed E-state index contributed by atoms with van der Waals surface area (Å²) in [4.78, 5) is 19.4. The van der Waals surface area contributed by atoms with E-state index in [-0.39, 0.29) is 11.9 Å². The number of nitrogens with zero attached hydrogens (tertiary/aromatic N) is 2. The molecule has 3 aromatic rings. The summed E-state index contributed by atoms with van der Waals surface area (Å²) in [6, 6.07) is 21.8. The van der Waals surface area contributed by atoms with Crippen molar-refractivity contribution in [1.29, 1.82) is 0 Å². The Balaban J connectivity index is 1.70. The molecule has 0 aliphatic carbocycles. The molecule has 0 aliphatic rings. The van der Waals surface area contributed by atoms with E-state index in [2.05, 4.69) is 41.2 Å². The van der Waals surface area contributed by atoms with Gasteiger partial charge in [-0.15, -0.1) is 0 Å². The Morgan fingerprint density at radius 1 is 1.03 bits per heavy atom. The van der Waals surface area contributed by atoms with Crippen molar-refractivity contribution in [2.45, 2.75) is 33.0 Å². The summed E-state index contributed by atoms with van der Waals surface area (Å²) in [5.41, 5.74) is 2.82. The minimum Gasteiger partial charge on any atom is -0.497 e. The van der Waals surface area contributed by atoms with Gasteiger partial charge in [-0.1, -0.05) is 42.5 Å². The predicted octanol–water partition coefficient (Wildman–Crippen LogP) is 4.44. The number of ether oxygens (including phenoxy) is 1. The molecule has 0 fully saturated rings. The Kier molecular flexibility index (Phi) is 6.85. The van der Waals surface area contributed by atoms with Crippen molar-refractivity contribution in [3.05, 3.63) is 89.6 Å². The summed E-state index contributed by atoms with van der Waals surface area (Å²) in [5.74, 6) is 1.47. The molecule has 5 heteroatoms.